The Labute approximate surface area is 420 Å². The van der Waals surface area contributed by atoms with E-state index in [9.17, 15) is 43.5 Å². The second-order valence-electron chi connectivity index (χ2n) is 20.6. The molecule has 0 radical (unpaired) electrons. The predicted octanol–water partition coefficient (Wildman–Crippen LogP) is 1.95. The molecule has 0 bridgehead atoms. The number of pyridine rings is 2. The molecule has 73 heavy (non-hydrogen) atoms. The van der Waals surface area contributed by atoms with Gasteiger partial charge in [0.1, 0.15) is 30.1 Å². The van der Waals surface area contributed by atoms with Crippen LogP contribution in [-0.2, 0) is 79.4 Å². The minimum atomic E-state index is -2.08. The summed E-state index contributed by atoms with van der Waals surface area (Å²) in [5, 5.41) is 25.3. The topological polar surface area (TPSA) is 288 Å². The highest BCUT2D eigenvalue weighted by molar-refractivity contribution is 5.96. The molecule has 0 saturated heterocycles. The number of nitrogens with one attached hydrogen (secondary N) is 5. The van der Waals surface area contributed by atoms with Crippen LogP contribution in [0.2, 0.25) is 0 Å². The highest BCUT2D eigenvalue weighted by Gasteiger charge is 2.46. The Morgan fingerprint density at radius 3 is 2.29 bits per heavy atom. The molecule has 4 heterocycles. The molecular weight excluding hydrogens is 948 g/mol. The summed E-state index contributed by atoms with van der Waals surface area (Å²) in [4.78, 5) is 112. The fraction of sp³-hybridized carbons (Fsp3) is 0.481. The molecule has 5 atom stereocenters. The summed E-state index contributed by atoms with van der Waals surface area (Å²) in [7, 11) is 0. The Morgan fingerprint density at radius 1 is 0.918 bits per heavy atom. The number of benzene rings is 2. The summed E-state index contributed by atoms with van der Waals surface area (Å²) in [5.41, 5.74) is 5.72. The van der Waals surface area contributed by atoms with Crippen molar-refractivity contribution in [3.05, 3.63) is 97.6 Å². The maximum absolute atomic E-state index is 15.6. The van der Waals surface area contributed by atoms with Crippen molar-refractivity contribution in [1.29, 1.82) is 0 Å². The molecule has 0 saturated carbocycles. The molecular formula is C52H63FN8O12. The smallest absolute Gasteiger partial charge is 0.343 e. The van der Waals surface area contributed by atoms with Crippen molar-refractivity contribution in [2.24, 2.45) is 5.73 Å². The number of esters is 2. The zero-order valence-corrected chi connectivity index (χ0v) is 42.2. The van der Waals surface area contributed by atoms with Crippen LogP contribution in [0.1, 0.15) is 113 Å². The quantitative estimate of drug-likeness (QED) is 0.0656. The first-order valence-electron chi connectivity index (χ1n) is 24.2. The van der Waals surface area contributed by atoms with E-state index >= 15 is 4.39 Å². The number of hydrogen-bond donors (Lipinski definition) is 7. The number of carbonyl (C=O) groups is 7. The van der Waals surface area contributed by atoms with Gasteiger partial charge in [-0.2, -0.15) is 0 Å². The molecule has 21 heteroatoms. The van der Waals surface area contributed by atoms with Crippen molar-refractivity contribution in [2.75, 3.05) is 19.7 Å². The highest BCUT2D eigenvalue weighted by atomic mass is 19.1. The van der Waals surface area contributed by atoms with Gasteiger partial charge in [0.25, 0.3) is 5.56 Å². The lowest BCUT2D eigenvalue weighted by atomic mass is 9.81. The van der Waals surface area contributed by atoms with Crippen LogP contribution in [0, 0.1) is 12.7 Å². The fourth-order valence-corrected chi connectivity index (χ4v) is 9.26. The monoisotopic (exact) mass is 1010 g/mol. The van der Waals surface area contributed by atoms with Crippen LogP contribution in [0.15, 0.2) is 47.3 Å². The first-order valence-corrected chi connectivity index (χ1v) is 24.2. The molecule has 0 fully saturated rings. The van der Waals surface area contributed by atoms with Gasteiger partial charge in [-0.1, -0.05) is 37.3 Å². The summed E-state index contributed by atoms with van der Waals surface area (Å²) < 4.78 is 33.6. The van der Waals surface area contributed by atoms with Gasteiger partial charge in [0, 0.05) is 29.0 Å². The lowest BCUT2D eigenvalue weighted by molar-refractivity contribution is -0.172. The van der Waals surface area contributed by atoms with Gasteiger partial charge in [-0.05, 0) is 96.0 Å². The molecule has 2 aromatic carbocycles. The molecule has 7 rings (SSSR count). The lowest BCUT2D eigenvalue weighted by Gasteiger charge is -2.32. The van der Waals surface area contributed by atoms with Crippen LogP contribution in [-0.4, -0.2) is 105 Å². The van der Waals surface area contributed by atoms with E-state index in [1.54, 1.807) is 91.8 Å². The van der Waals surface area contributed by atoms with Gasteiger partial charge in [-0.3, -0.25) is 33.6 Å². The van der Waals surface area contributed by atoms with Gasteiger partial charge in [0.05, 0.1) is 72.8 Å². The highest BCUT2D eigenvalue weighted by Crippen LogP contribution is 2.46. The number of ether oxygens (including phenoxy) is 3. The SMILES string of the molecule is CC[C@@]1(O)C(=O)OCc2c1cc1n(c2=O)Cc2c-1nc1cc(F)c(C)c3c1c2[C@@H](NC(=O)[C@H](COC(C)(C)C)NC(=O)[C@H](Cc1ccccc1)NC(=O)CNC(=O)CNC(=O)[C@@H](N)CC(=O)OC(C)(C)C)CC3. The predicted molar refractivity (Wildman–Crippen MR) is 263 cm³/mol. The molecule has 8 N–H and O–H groups in total. The van der Waals surface area contributed by atoms with Gasteiger partial charge < -0.3 is 56.2 Å². The van der Waals surface area contributed by atoms with Gasteiger partial charge in [-0.25, -0.2) is 14.2 Å². The van der Waals surface area contributed by atoms with Crippen molar-refractivity contribution in [3.8, 4) is 11.4 Å². The summed E-state index contributed by atoms with van der Waals surface area (Å²) in [6, 6.07) is 6.97. The average molecular weight is 1010 g/mol. The van der Waals surface area contributed by atoms with Gasteiger partial charge in [0.2, 0.25) is 29.5 Å². The minimum absolute atomic E-state index is 0.00303. The van der Waals surface area contributed by atoms with E-state index in [4.69, 9.17) is 24.9 Å². The number of halogens is 1. The van der Waals surface area contributed by atoms with Gasteiger partial charge >= 0.3 is 11.9 Å². The number of nitrogens with zero attached hydrogens (tertiary/aromatic N) is 2. The van der Waals surface area contributed by atoms with E-state index in [0.717, 1.165) is 0 Å². The zero-order chi connectivity index (χ0) is 53.3. The van der Waals surface area contributed by atoms with Gasteiger partial charge in [0.15, 0.2) is 5.60 Å². The number of aromatic nitrogens is 2. The molecule has 1 aliphatic carbocycles. The lowest BCUT2D eigenvalue weighted by Crippen LogP contribution is -2.57. The molecule has 0 spiro atoms. The molecule has 5 amide bonds. The standard InChI is InChI=1S/C52H63FN8O12/c1-9-52(70)31-18-38-44-29(23-61(38)48(68)30(31)24-71-49(52)69)43-34(16-15-28-26(2)32(53)19-35(58-44)42(28)43)59-47(67)37(25-72-50(3,4)5)60-46(66)36(17-27-13-11-10-12-14-27)57-40(63)22-55-39(62)21-56-45(65)33(54)20-41(64)73-51(6,7)8/h10-14,18-19,33-34,36-37,70H,9,15-17,20-25,54H2,1-8H3,(H,55,62)(H,56,65)(H,57,63)(H,59,67)(H,60,66)/t33-,34-,36-,37-,52-/m0/s1. The Morgan fingerprint density at radius 2 is 1.62 bits per heavy atom. The number of fused-ring (bicyclic) bond motifs is 5. The van der Waals surface area contributed by atoms with E-state index in [1.807, 2.05) is 0 Å². The summed E-state index contributed by atoms with van der Waals surface area (Å²) in [6.45, 7) is 11.8. The Bertz CT molecular complexity index is 2950. The van der Waals surface area contributed by atoms with Crippen LogP contribution in [0.5, 0.6) is 0 Å². The van der Waals surface area contributed by atoms with E-state index in [-0.39, 0.29) is 55.7 Å². The number of nitrogens with two attached hydrogens (primary N) is 1. The number of carbonyl (C=O) groups excluding carboxylic acids is 7. The summed E-state index contributed by atoms with van der Waals surface area (Å²) in [6.07, 6.45) is 0.109. The van der Waals surface area contributed by atoms with E-state index in [0.29, 0.717) is 51.0 Å². The van der Waals surface area contributed by atoms with Crippen LogP contribution >= 0.6 is 0 Å². The molecule has 2 aromatic heterocycles. The van der Waals surface area contributed by atoms with Crippen molar-refractivity contribution < 1.29 is 57.3 Å². The largest absolute Gasteiger partial charge is 0.460 e. The van der Waals surface area contributed by atoms with Gasteiger partial charge in [-0.15, -0.1) is 0 Å². The van der Waals surface area contributed by atoms with E-state index in [1.165, 1.54) is 10.6 Å². The number of cyclic esters (lactones) is 1. The van der Waals surface area contributed by atoms with E-state index < -0.39 is 113 Å². The zero-order valence-electron chi connectivity index (χ0n) is 42.2. The van der Waals surface area contributed by atoms with E-state index in [2.05, 4.69) is 26.6 Å². The van der Waals surface area contributed by atoms with Crippen LogP contribution in [0.25, 0.3) is 22.3 Å². The first-order chi connectivity index (χ1) is 34.3. The molecule has 2 aliphatic heterocycles. The second-order valence-corrected chi connectivity index (χ2v) is 20.6. The maximum atomic E-state index is 15.6. The molecule has 4 aromatic rings. The third-order valence-corrected chi connectivity index (χ3v) is 13.0. The average Bonchev–Trinajstić information content (AvgIpc) is 3.69. The molecule has 0 unspecified atom stereocenters. The Balaban J connectivity index is 1.12. The van der Waals surface area contributed by atoms with Crippen molar-refractivity contribution in [3.63, 3.8) is 0 Å². The number of aryl methyl sites for hydroxylation is 1. The van der Waals surface area contributed by atoms with Crippen LogP contribution in [0.4, 0.5) is 4.39 Å². The minimum Gasteiger partial charge on any atom is -0.460 e. The fourth-order valence-electron chi connectivity index (χ4n) is 9.26. The third kappa shape index (κ3) is 11.9. The second kappa shape index (κ2) is 21.2. The summed E-state index contributed by atoms with van der Waals surface area (Å²) in [5.74, 6) is -5.80. The van der Waals surface area contributed by atoms with Crippen molar-refractivity contribution in [2.45, 2.75) is 142 Å². The van der Waals surface area contributed by atoms with Crippen molar-refractivity contribution in [1.82, 2.24) is 36.1 Å². The molecule has 20 nitrogen and oxygen atoms in total. The number of hydrogen-bond acceptors (Lipinski definition) is 14. The Hall–Kier alpha value is -7.10. The molecule has 3 aliphatic rings. The summed E-state index contributed by atoms with van der Waals surface area (Å²) >= 11 is 0. The Kier molecular flexibility index (Phi) is 15.6. The van der Waals surface area contributed by atoms with Crippen LogP contribution in [0.3, 0.4) is 0 Å². The first kappa shape index (κ1) is 53.7. The normalized spacial score (nSPS) is 18.0. The molecule has 390 valence electrons. The third-order valence-electron chi connectivity index (χ3n) is 13.0. The maximum Gasteiger partial charge on any atom is 0.343 e. The van der Waals surface area contributed by atoms with Crippen molar-refractivity contribution >= 4 is 52.4 Å². The number of rotatable bonds is 17. The number of aliphatic hydroxyl groups is 1. The van der Waals surface area contributed by atoms with Crippen LogP contribution < -0.4 is 37.9 Å². The number of amides is 5.